The summed E-state index contributed by atoms with van der Waals surface area (Å²) < 4.78 is 6.66. The van der Waals surface area contributed by atoms with Crippen molar-refractivity contribution in [2.75, 3.05) is 0 Å². The first kappa shape index (κ1) is 9.32. The zero-order valence-electron chi connectivity index (χ0n) is 8.16. The summed E-state index contributed by atoms with van der Waals surface area (Å²) in [6.45, 7) is 0. The van der Waals surface area contributed by atoms with Gasteiger partial charge in [0.05, 0.1) is 7.05 Å². The van der Waals surface area contributed by atoms with Crippen molar-refractivity contribution >= 4 is 11.1 Å². The summed E-state index contributed by atoms with van der Waals surface area (Å²) in [7, 11) is 1.82. The average molecular weight is 204 g/mol. The van der Waals surface area contributed by atoms with E-state index in [1.807, 2.05) is 31.3 Å². The van der Waals surface area contributed by atoms with Crippen LogP contribution in [0.1, 0.15) is 0 Å². The molecule has 0 saturated carbocycles. The highest BCUT2D eigenvalue weighted by Crippen LogP contribution is 2.09. The lowest BCUT2D eigenvalue weighted by Crippen LogP contribution is -2.28. The van der Waals surface area contributed by atoms with Gasteiger partial charge in [0, 0.05) is 0 Å². The number of oxazole rings is 1. The predicted molar refractivity (Wildman–Crippen MR) is 51.6 cm³/mol. The topological polar surface area (TPSA) is 71.5 Å². The summed E-state index contributed by atoms with van der Waals surface area (Å²) in [6.07, 6.45) is 3.03. The first-order chi connectivity index (χ1) is 7.36. The molecule has 6 heteroatoms. The monoisotopic (exact) mass is 204 g/mol. The Bertz CT molecular complexity index is 486. The second kappa shape index (κ2) is 4.32. The van der Waals surface area contributed by atoms with Gasteiger partial charge in [-0.05, 0) is 12.1 Å². The Balaban J connectivity index is 0.000000124. The van der Waals surface area contributed by atoms with E-state index in [0.29, 0.717) is 0 Å². The molecule has 0 spiro atoms. The maximum atomic E-state index is 5.01. The van der Waals surface area contributed by atoms with Gasteiger partial charge < -0.3 is 4.42 Å². The number of aromatic amines is 1. The van der Waals surface area contributed by atoms with Gasteiger partial charge in [0.1, 0.15) is 10.6 Å². The number of rotatable bonds is 0. The largest absolute Gasteiger partial charge is 0.443 e. The molecule has 2 heterocycles. The molecule has 0 amide bonds. The van der Waals surface area contributed by atoms with Gasteiger partial charge in [0.2, 0.25) is 0 Å². The second-order valence-electron chi connectivity index (χ2n) is 2.86. The van der Waals surface area contributed by atoms with Crippen molar-refractivity contribution in [3.63, 3.8) is 0 Å². The number of hydrogen-bond acceptors (Lipinski definition) is 4. The smallest absolute Gasteiger partial charge is 0.288 e. The summed E-state index contributed by atoms with van der Waals surface area (Å²) in [4.78, 5) is 3.95. The molecule has 0 saturated heterocycles. The van der Waals surface area contributed by atoms with E-state index >= 15 is 0 Å². The fourth-order valence-corrected chi connectivity index (χ4v) is 1.03. The lowest BCUT2D eigenvalue weighted by Gasteiger charge is -1.79. The molecular formula is C9H10N5O+. The van der Waals surface area contributed by atoms with Crippen molar-refractivity contribution in [2.45, 2.75) is 0 Å². The predicted octanol–water partition coefficient (Wildman–Crippen LogP) is 0.457. The van der Waals surface area contributed by atoms with E-state index in [0.717, 1.165) is 11.1 Å². The van der Waals surface area contributed by atoms with Crippen molar-refractivity contribution in [2.24, 2.45) is 7.05 Å². The van der Waals surface area contributed by atoms with E-state index in [2.05, 4.69) is 20.5 Å². The van der Waals surface area contributed by atoms with Crippen LogP contribution in [0, 0.1) is 0 Å². The molecule has 0 atom stereocenters. The number of tetrazole rings is 1. The van der Waals surface area contributed by atoms with Crippen molar-refractivity contribution < 1.29 is 9.10 Å². The van der Waals surface area contributed by atoms with Crippen LogP contribution in [0.4, 0.5) is 0 Å². The standard InChI is InChI=1S/C7H5NO.C2H4N4/c1-2-4-7-6(3-1)8-5-9-7;1-6-2-3-4-5-6/h1-5H;2H,1H3/p+1. The third kappa shape index (κ3) is 2.37. The Morgan fingerprint density at radius 1 is 1.33 bits per heavy atom. The zero-order chi connectivity index (χ0) is 10.5. The van der Waals surface area contributed by atoms with Crippen LogP contribution in [0.2, 0.25) is 0 Å². The van der Waals surface area contributed by atoms with Crippen molar-refractivity contribution in [1.82, 2.24) is 20.5 Å². The van der Waals surface area contributed by atoms with Crippen LogP contribution < -0.4 is 4.68 Å². The molecule has 6 nitrogen and oxygen atoms in total. The normalized spacial score (nSPS) is 9.67. The van der Waals surface area contributed by atoms with Crippen LogP contribution in [0.3, 0.4) is 0 Å². The van der Waals surface area contributed by atoms with Crippen LogP contribution in [-0.4, -0.2) is 20.5 Å². The van der Waals surface area contributed by atoms with E-state index in [-0.39, 0.29) is 0 Å². The van der Waals surface area contributed by atoms with Gasteiger partial charge in [-0.2, -0.15) is 4.68 Å². The Morgan fingerprint density at radius 3 is 2.80 bits per heavy atom. The molecule has 0 aliphatic carbocycles. The van der Waals surface area contributed by atoms with Crippen molar-refractivity contribution in [3.05, 3.63) is 37.0 Å². The van der Waals surface area contributed by atoms with Gasteiger partial charge in [-0.3, -0.25) is 0 Å². The fraction of sp³-hybridized carbons (Fsp3) is 0.111. The third-order valence-electron chi connectivity index (χ3n) is 1.72. The molecule has 1 aromatic carbocycles. The molecule has 0 fully saturated rings. The second-order valence-corrected chi connectivity index (χ2v) is 2.86. The van der Waals surface area contributed by atoms with Crippen LogP contribution in [0.25, 0.3) is 11.1 Å². The first-order valence-corrected chi connectivity index (χ1v) is 4.36. The molecule has 3 rings (SSSR count). The van der Waals surface area contributed by atoms with Gasteiger partial charge >= 0.3 is 0 Å². The van der Waals surface area contributed by atoms with Crippen LogP contribution in [0.15, 0.2) is 41.4 Å². The van der Waals surface area contributed by atoms with E-state index in [1.165, 1.54) is 6.39 Å². The fourth-order valence-electron chi connectivity index (χ4n) is 1.03. The number of aromatic nitrogens is 5. The molecule has 0 unspecified atom stereocenters. The number of H-pyrrole nitrogens is 1. The number of benzene rings is 1. The summed E-state index contributed by atoms with van der Waals surface area (Å²) in [5.74, 6) is 0. The SMILES string of the molecule is C[n+]1cnn[nH]1.c1ccc2ocnc2c1. The molecule has 1 N–H and O–H groups in total. The number of hydrogen-bond donors (Lipinski definition) is 1. The number of para-hydroxylation sites is 2. The zero-order valence-corrected chi connectivity index (χ0v) is 8.16. The lowest BCUT2D eigenvalue weighted by molar-refractivity contribution is -0.731. The summed E-state index contributed by atoms with van der Waals surface area (Å²) in [5, 5.41) is 9.44. The number of nitrogens with one attached hydrogen (secondary N) is 1. The molecule has 0 bridgehead atoms. The molecule has 0 aliphatic heterocycles. The Morgan fingerprint density at radius 2 is 2.20 bits per heavy atom. The van der Waals surface area contributed by atoms with Gasteiger partial charge in [-0.25, -0.2) is 4.98 Å². The number of nitrogens with zero attached hydrogens (tertiary/aromatic N) is 4. The Hall–Kier alpha value is -2.24. The van der Waals surface area contributed by atoms with E-state index in [1.54, 1.807) is 11.0 Å². The highest BCUT2D eigenvalue weighted by Gasteiger charge is 1.91. The Kier molecular flexibility index (Phi) is 2.68. The highest BCUT2D eigenvalue weighted by atomic mass is 16.3. The maximum absolute atomic E-state index is 5.01. The Labute approximate surface area is 85.5 Å². The number of fused-ring (bicyclic) bond motifs is 1. The van der Waals surface area contributed by atoms with Crippen molar-refractivity contribution in [1.29, 1.82) is 0 Å². The summed E-state index contributed by atoms with van der Waals surface area (Å²) >= 11 is 0. The van der Waals surface area contributed by atoms with Crippen LogP contribution in [0.5, 0.6) is 0 Å². The first-order valence-electron chi connectivity index (χ1n) is 4.36. The van der Waals surface area contributed by atoms with E-state index < -0.39 is 0 Å². The molecule has 2 aromatic heterocycles. The van der Waals surface area contributed by atoms with Gasteiger partial charge in [-0.15, -0.1) is 0 Å². The average Bonchev–Trinajstić information content (AvgIpc) is 2.88. The quantitative estimate of drug-likeness (QED) is 0.540. The van der Waals surface area contributed by atoms with E-state index in [4.69, 9.17) is 4.42 Å². The highest BCUT2D eigenvalue weighted by molar-refractivity contribution is 5.71. The van der Waals surface area contributed by atoms with Gasteiger partial charge in [0.15, 0.2) is 17.2 Å². The minimum atomic E-state index is 0.845. The molecule has 15 heavy (non-hydrogen) atoms. The minimum absolute atomic E-state index is 0.845. The van der Waals surface area contributed by atoms with Gasteiger partial charge in [-0.1, -0.05) is 17.3 Å². The maximum Gasteiger partial charge on any atom is 0.288 e. The molecule has 0 radical (unpaired) electrons. The molecular weight excluding hydrogens is 194 g/mol. The molecule has 76 valence electrons. The molecule has 0 aliphatic rings. The van der Waals surface area contributed by atoms with Crippen LogP contribution >= 0.6 is 0 Å². The van der Waals surface area contributed by atoms with Crippen LogP contribution in [-0.2, 0) is 7.05 Å². The number of aryl methyl sites for hydroxylation is 1. The minimum Gasteiger partial charge on any atom is -0.443 e. The third-order valence-corrected chi connectivity index (χ3v) is 1.72. The van der Waals surface area contributed by atoms with E-state index in [9.17, 15) is 0 Å². The lowest BCUT2D eigenvalue weighted by atomic mass is 10.3. The van der Waals surface area contributed by atoms with Crippen molar-refractivity contribution in [3.8, 4) is 0 Å². The summed E-state index contributed by atoms with van der Waals surface area (Å²) in [5.41, 5.74) is 1.76. The molecule has 3 aromatic rings. The van der Waals surface area contributed by atoms with Gasteiger partial charge in [0.25, 0.3) is 6.33 Å². The summed E-state index contributed by atoms with van der Waals surface area (Å²) in [6, 6.07) is 7.67.